The Morgan fingerprint density at radius 2 is 0.519 bits per heavy atom. The lowest BCUT2D eigenvalue weighted by Crippen LogP contribution is -2.30. The van der Waals surface area contributed by atoms with Gasteiger partial charge >= 0.3 is 39.5 Å². The molecule has 0 radical (unpaired) electrons. The van der Waals surface area contributed by atoms with Crippen LogP contribution in [0.15, 0.2) is 158 Å². The molecule has 0 aliphatic carbocycles. The second-order valence-corrected chi connectivity index (χ2v) is 28.8. The van der Waals surface area contributed by atoms with Crippen molar-refractivity contribution in [2.75, 3.05) is 39.6 Å². The molecule has 0 bridgehead atoms. The topological polar surface area (TPSA) is 237 Å². The number of unbranched alkanes of at least 4 members (excludes halogenated alkanes) is 21. The van der Waals surface area contributed by atoms with Crippen LogP contribution in [-0.4, -0.2) is 96.7 Å². The van der Waals surface area contributed by atoms with Crippen molar-refractivity contribution in [2.24, 2.45) is 0 Å². The predicted molar refractivity (Wildman–Crippen MR) is 427 cm³/mol. The van der Waals surface area contributed by atoms with Gasteiger partial charge in [0.2, 0.25) is 0 Å². The highest BCUT2D eigenvalue weighted by atomic mass is 31.2. The van der Waals surface area contributed by atoms with E-state index < -0.39 is 97.5 Å². The molecule has 17 nitrogen and oxygen atoms in total. The van der Waals surface area contributed by atoms with E-state index >= 15 is 0 Å². The first kappa shape index (κ1) is 98.7. The van der Waals surface area contributed by atoms with Crippen LogP contribution in [0.4, 0.5) is 0 Å². The van der Waals surface area contributed by atoms with E-state index in [4.69, 9.17) is 37.0 Å². The van der Waals surface area contributed by atoms with E-state index in [-0.39, 0.29) is 25.7 Å². The molecule has 0 heterocycles. The fraction of sp³-hybridized carbons (Fsp3) is 0.647. The summed E-state index contributed by atoms with van der Waals surface area (Å²) in [6.45, 7) is 4.47. The molecule has 0 aromatic carbocycles. The first-order valence-corrected chi connectivity index (χ1v) is 42.7. The smallest absolute Gasteiger partial charge is 0.462 e. The van der Waals surface area contributed by atoms with Crippen molar-refractivity contribution in [2.45, 2.75) is 316 Å². The Balaban J connectivity index is 5.47. The van der Waals surface area contributed by atoms with Crippen molar-refractivity contribution >= 4 is 39.5 Å². The van der Waals surface area contributed by atoms with E-state index in [1.54, 1.807) is 0 Å². The number of aliphatic hydroxyl groups excluding tert-OH is 1. The second-order valence-electron chi connectivity index (χ2n) is 25.9. The zero-order chi connectivity index (χ0) is 76.0. The molecule has 0 rings (SSSR count). The zero-order valence-electron chi connectivity index (χ0n) is 64.6. The second kappa shape index (κ2) is 75.9. The summed E-state index contributed by atoms with van der Waals surface area (Å²) in [5.41, 5.74) is 0. The van der Waals surface area contributed by atoms with Crippen LogP contribution >= 0.6 is 15.6 Å². The van der Waals surface area contributed by atoms with Crippen molar-refractivity contribution in [1.82, 2.24) is 0 Å². The molecule has 0 amide bonds. The van der Waals surface area contributed by atoms with Gasteiger partial charge in [0.05, 0.1) is 26.4 Å². The van der Waals surface area contributed by atoms with E-state index in [1.807, 2.05) is 18.2 Å². The first-order valence-electron chi connectivity index (χ1n) is 39.7. The molecule has 5 atom stereocenters. The maximum absolute atomic E-state index is 13.1. The summed E-state index contributed by atoms with van der Waals surface area (Å²) in [7, 11) is -10.00. The molecule has 0 aliphatic heterocycles. The number of aliphatic hydroxyl groups is 1. The Labute approximate surface area is 629 Å². The summed E-state index contributed by atoms with van der Waals surface area (Å²) in [5, 5.41) is 10.6. The molecule has 3 N–H and O–H groups in total. The molecule has 592 valence electrons. The molecule has 104 heavy (non-hydrogen) atoms. The van der Waals surface area contributed by atoms with Gasteiger partial charge in [0, 0.05) is 25.7 Å². The van der Waals surface area contributed by atoms with Gasteiger partial charge < -0.3 is 33.8 Å². The standard InChI is InChI=1S/C85H140O17P2/c1-5-9-13-17-21-25-29-32-35-37-39-41-44-47-51-54-58-62-66-70-83(88)96-76-81(102-85(90)72-68-64-60-56-52-48-45-42-40-38-36-33-30-26-22-18-14-10-6-2)78-100-104(93,94)98-74-79(86)73-97-103(91,92)99-77-80(101-84(89)71-67-63-59-55-49-28-24-20-16-12-8-4)75-95-82(87)69-65-61-57-53-50-46-43-34-31-27-23-19-15-11-7-3/h9-10,13-14,21-23,25-27,32-36,39-43,47-48,51-52,58,62,79-81,86H,5-8,11-12,15-20,24,28-31,37-38,44-46,49-50,53-57,59-61,63-78H2,1-4H3,(H,91,92)(H,93,94)/b13-9-,14-10-,25-21-,26-22-,27-23-,35-32-,36-33-,41-39-,42-40-,43-34-,51-47-,52-48-,62-58-. The predicted octanol–water partition coefficient (Wildman–Crippen LogP) is 23.2. The van der Waals surface area contributed by atoms with Crippen molar-refractivity contribution < 1.29 is 80.2 Å². The minimum Gasteiger partial charge on any atom is -0.462 e. The van der Waals surface area contributed by atoms with Crippen LogP contribution in [0.3, 0.4) is 0 Å². The number of ether oxygens (including phenoxy) is 4. The van der Waals surface area contributed by atoms with Gasteiger partial charge in [-0.15, -0.1) is 0 Å². The number of phosphoric ester groups is 2. The molecule has 0 saturated heterocycles. The molecular weight excluding hydrogens is 1350 g/mol. The quantitative estimate of drug-likeness (QED) is 0.0169. The third-order valence-electron chi connectivity index (χ3n) is 16.0. The van der Waals surface area contributed by atoms with Crippen LogP contribution in [-0.2, 0) is 65.4 Å². The maximum atomic E-state index is 13.1. The molecular formula is C85H140O17P2. The molecule has 19 heteroatoms. The largest absolute Gasteiger partial charge is 0.472 e. The highest BCUT2D eigenvalue weighted by Crippen LogP contribution is 2.45. The van der Waals surface area contributed by atoms with Gasteiger partial charge in [-0.1, -0.05) is 288 Å². The summed E-state index contributed by atoms with van der Waals surface area (Å²) in [5.74, 6) is -2.33. The number of esters is 4. The van der Waals surface area contributed by atoms with Crippen LogP contribution in [0.2, 0.25) is 0 Å². The third kappa shape index (κ3) is 74.9. The first-order chi connectivity index (χ1) is 50.7. The number of rotatable bonds is 73. The van der Waals surface area contributed by atoms with E-state index in [0.29, 0.717) is 32.1 Å². The number of hydrogen-bond donors (Lipinski definition) is 3. The molecule has 5 unspecified atom stereocenters. The lowest BCUT2D eigenvalue weighted by Gasteiger charge is -2.21. The summed E-state index contributed by atoms with van der Waals surface area (Å²) in [6, 6.07) is 0. The van der Waals surface area contributed by atoms with E-state index in [0.717, 1.165) is 154 Å². The number of phosphoric acid groups is 2. The number of allylic oxidation sites excluding steroid dienone is 26. The van der Waals surface area contributed by atoms with Crippen molar-refractivity contribution in [1.29, 1.82) is 0 Å². The fourth-order valence-electron chi connectivity index (χ4n) is 10.0. The lowest BCUT2D eigenvalue weighted by atomic mass is 10.1. The molecule has 0 aromatic rings. The average Bonchev–Trinajstić information content (AvgIpc) is 0.928. The SMILES string of the molecule is CC/C=C\C/C=C\C/C=C\C/C=C\C/C=C\C/C=C\CCC(=O)OCC(COP(=O)(O)OCC(O)COP(=O)(O)OCC(COC(=O)CCCCCCC/C=C\C/C=C\CCCCC)OC(=O)CCCCCCCCCCCCC)OC(=O)CCCCC/C=C\C/C=C\C/C=C\C/C=C\C/C=C\CC. The van der Waals surface area contributed by atoms with Crippen molar-refractivity contribution in [3.63, 3.8) is 0 Å². The minimum atomic E-state index is -5.01. The highest BCUT2D eigenvalue weighted by Gasteiger charge is 2.30. The summed E-state index contributed by atoms with van der Waals surface area (Å²) in [4.78, 5) is 72.9. The van der Waals surface area contributed by atoms with Gasteiger partial charge in [-0.2, -0.15) is 0 Å². The molecule has 0 aliphatic rings. The summed E-state index contributed by atoms with van der Waals surface area (Å²) in [6.07, 6.45) is 88.1. The number of hydrogen-bond acceptors (Lipinski definition) is 15. The van der Waals surface area contributed by atoms with Crippen LogP contribution in [0.1, 0.15) is 297 Å². The van der Waals surface area contributed by atoms with E-state index in [9.17, 15) is 43.2 Å². The minimum absolute atomic E-state index is 0.0231. The van der Waals surface area contributed by atoms with Gasteiger partial charge in [0.1, 0.15) is 19.3 Å². The number of carbonyl (C=O) groups excluding carboxylic acids is 4. The Kier molecular flexibility index (Phi) is 72.0. The third-order valence-corrected chi connectivity index (χ3v) is 17.9. The average molecular weight is 1500 g/mol. The van der Waals surface area contributed by atoms with Crippen LogP contribution in [0.5, 0.6) is 0 Å². The molecule has 0 aromatic heterocycles. The summed E-state index contributed by atoms with van der Waals surface area (Å²) < 4.78 is 68.4. The van der Waals surface area contributed by atoms with Crippen LogP contribution < -0.4 is 0 Å². The highest BCUT2D eigenvalue weighted by molar-refractivity contribution is 7.47. The van der Waals surface area contributed by atoms with Crippen LogP contribution in [0.25, 0.3) is 0 Å². The Bertz CT molecular complexity index is 2590. The zero-order valence-corrected chi connectivity index (χ0v) is 66.4. The van der Waals surface area contributed by atoms with Crippen molar-refractivity contribution in [3.8, 4) is 0 Å². The normalized spacial score (nSPS) is 14.7. The fourth-order valence-corrected chi connectivity index (χ4v) is 11.6. The Hall–Kier alpha value is -5.32. The van der Waals surface area contributed by atoms with E-state index in [1.165, 1.54) is 57.8 Å². The van der Waals surface area contributed by atoms with E-state index in [2.05, 4.69) is 167 Å². The maximum Gasteiger partial charge on any atom is 0.472 e. The van der Waals surface area contributed by atoms with Gasteiger partial charge in [0.15, 0.2) is 12.2 Å². The van der Waals surface area contributed by atoms with Crippen molar-refractivity contribution in [3.05, 3.63) is 158 Å². The lowest BCUT2D eigenvalue weighted by molar-refractivity contribution is -0.161. The molecule has 0 fully saturated rings. The van der Waals surface area contributed by atoms with Crippen LogP contribution in [0, 0.1) is 0 Å². The van der Waals surface area contributed by atoms with Gasteiger partial charge in [0.25, 0.3) is 0 Å². The summed E-state index contributed by atoms with van der Waals surface area (Å²) >= 11 is 0. The van der Waals surface area contributed by atoms with Gasteiger partial charge in [-0.05, 0) is 141 Å². The Morgan fingerprint density at radius 3 is 0.856 bits per heavy atom. The monoisotopic (exact) mass is 1490 g/mol. The molecule has 0 spiro atoms. The number of carbonyl (C=O) groups is 4. The molecule has 0 saturated carbocycles. The van der Waals surface area contributed by atoms with Gasteiger partial charge in [-0.25, -0.2) is 9.13 Å². The van der Waals surface area contributed by atoms with Gasteiger partial charge in [-0.3, -0.25) is 37.3 Å². The Morgan fingerprint density at radius 1 is 0.279 bits per heavy atom.